The Balaban J connectivity index is 1.64. The Bertz CT molecular complexity index is 685. The highest BCUT2D eigenvalue weighted by atomic mass is 32.1. The highest BCUT2D eigenvalue weighted by Crippen LogP contribution is 2.28. The Morgan fingerprint density at radius 2 is 2.30 bits per heavy atom. The molecule has 6 heteroatoms. The molecular formula is C14H17N3O2S. The zero-order valence-corrected chi connectivity index (χ0v) is 12.2. The van der Waals surface area contributed by atoms with Gasteiger partial charge in [-0.15, -0.1) is 5.10 Å². The van der Waals surface area contributed by atoms with Crippen LogP contribution in [0.5, 0.6) is 0 Å². The van der Waals surface area contributed by atoms with Crippen molar-refractivity contribution in [2.45, 2.75) is 12.8 Å². The minimum absolute atomic E-state index is 0.0780. The quantitative estimate of drug-likeness (QED) is 0.851. The molecule has 3 rings (SSSR count). The number of carbonyl (C=O) groups excluding carboxylic acids is 1. The maximum atomic E-state index is 11.6. The smallest absolute Gasteiger partial charge is 0.266 e. The number of benzene rings is 1. The number of ether oxygens (including phenoxy) is 1. The van der Waals surface area contributed by atoms with Crippen LogP contribution in [-0.2, 0) is 16.6 Å². The molecule has 106 valence electrons. The van der Waals surface area contributed by atoms with Gasteiger partial charge in [0, 0.05) is 7.05 Å². The lowest BCUT2D eigenvalue weighted by Gasteiger charge is -2.01. The van der Waals surface area contributed by atoms with E-state index in [4.69, 9.17) is 4.74 Å². The van der Waals surface area contributed by atoms with Crippen molar-refractivity contribution in [2.24, 2.45) is 18.1 Å². The normalized spacial score (nSPS) is 15.8. The first-order valence-electron chi connectivity index (χ1n) is 6.69. The number of aromatic nitrogens is 1. The van der Waals surface area contributed by atoms with Gasteiger partial charge in [0.25, 0.3) is 5.91 Å². The highest BCUT2D eigenvalue weighted by Gasteiger charge is 2.21. The Morgan fingerprint density at radius 1 is 1.50 bits per heavy atom. The van der Waals surface area contributed by atoms with Gasteiger partial charge in [0.2, 0.25) is 4.80 Å². The average Bonchev–Trinajstić information content (AvgIpc) is 3.22. The molecule has 1 N–H and O–H groups in total. The van der Waals surface area contributed by atoms with Crippen LogP contribution in [0.3, 0.4) is 0 Å². The average molecular weight is 291 g/mol. The molecule has 5 nitrogen and oxygen atoms in total. The summed E-state index contributed by atoms with van der Waals surface area (Å²) in [5, 5.41) is 4.16. The van der Waals surface area contributed by atoms with Gasteiger partial charge < -0.3 is 9.30 Å². The second-order valence-corrected chi connectivity index (χ2v) is 6.03. The van der Waals surface area contributed by atoms with Crippen LogP contribution in [0.15, 0.2) is 29.4 Å². The minimum atomic E-state index is -0.205. The molecule has 2 aromatic rings. The number of para-hydroxylation sites is 1. The third-order valence-electron chi connectivity index (χ3n) is 3.27. The van der Waals surface area contributed by atoms with Gasteiger partial charge in [-0.2, -0.15) is 0 Å². The van der Waals surface area contributed by atoms with Gasteiger partial charge in [-0.1, -0.05) is 23.5 Å². The fourth-order valence-corrected chi connectivity index (χ4v) is 2.91. The van der Waals surface area contributed by atoms with E-state index in [2.05, 4.69) is 10.5 Å². The van der Waals surface area contributed by atoms with Crippen LogP contribution in [-0.4, -0.2) is 23.7 Å². The second kappa shape index (κ2) is 5.76. The fraction of sp³-hybridized carbons (Fsp3) is 0.429. The summed E-state index contributed by atoms with van der Waals surface area (Å²) in [6.45, 7) is 0.763. The predicted molar refractivity (Wildman–Crippen MR) is 78.0 cm³/mol. The van der Waals surface area contributed by atoms with E-state index in [-0.39, 0.29) is 12.5 Å². The standard InChI is InChI=1S/C14H17N3O2S/c1-17-11-4-2-3-5-12(11)20-14(17)16-15-13(18)9-19-8-10-6-7-10/h2-5,10H,6-9H2,1H3,(H,15,18)/b16-14+. The molecule has 1 aromatic heterocycles. The first kappa shape index (κ1) is 13.3. The third kappa shape index (κ3) is 3.08. The van der Waals surface area contributed by atoms with E-state index in [1.54, 1.807) is 11.3 Å². The van der Waals surface area contributed by atoms with Crippen molar-refractivity contribution < 1.29 is 9.53 Å². The number of fused-ring (bicyclic) bond motifs is 1. The van der Waals surface area contributed by atoms with Crippen LogP contribution in [0.25, 0.3) is 10.2 Å². The number of hydrogen-bond acceptors (Lipinski definition) is 4. The predicted octanol–water partition coefficient (Wildman–Crippen LogP) is 1.60. The molecule has 0 aliphatic heterocycles. The molecule has 0 radical (unpaired) electrons. The molecular weight excluding hydrogens is 274 g/mol. The van der Waals surface area contributed by atoms with Crippen molar-refractivity contribution >= 4 is 27.5 Å². The van der Waals surface area contributed by atoms with E-state index in [0.29, 0.717) is 12.5 Å². The zero-order chi connectivity index (χ0) is 13.9. The molecule has 1 amide bonds. The number of nitrogens with one attached hydrogen (secondary N) is 1. The van der Waals surface area contributed by atoms with Crippen molar-refractivity contribution in [3.8, 4) is 0 Å². The van der Waals surface area contributed by atoms with Crippen molar-refractivity contribution in [2.75, 3.05) is 13.2 Å². The van der Waals surface area contributed by atoms with E-state index in [9.17, 15) is 4.79 Å². The Kier molecular flexibility index (Phi) is 3.84. The molecule has 0 atom stereocenters. The largest absolute Gasteiger partial charge is 0.371 e. The van der Waals surface area contributed by atoms with Crippen LogP contribution in [0.1, 0.15) is 12.8 Å². The Hall–Kier alpha value is -1.66. The lowest BCUT2D eigenvalue weighted by molar-refractivity contribution is -0.125. The van der Waals surface area contributed by atoms with Gasteiger partial charge in [0.05, 0.1) is 16.8 Å². The number of nitrogens with zero attached hydrogens (tertiary/aromatic N) is 2. The van der Waals surface area contributed by atoms with Gasteiger partial charge in [-0.25, -0.2) is 5.43 Å². The fourth-order valence-electron chi connectivity index (χ4n) is 1.93. The zero-order valence-electron chi connectivity index (χ0n) is 11.3. The van der Waals surface area contributed by atoms with E-state index in [1.807, 2.05) is 35.9 Å². The summed E-state index contributed by atoms with van der Waals surface area (Å²) in [6, 6.07) is 8.06. The molecule has 0 bridgehead atoms. The monoisotopic (exact) mass is 291 g/mol. The number of hydrogen-bond donors (Lipinski definition) is 1. The number of aryl methyl sites for hydroxylation is 1. The SMILES string of the molecule is Cn1/c(=N\NC(=O)COCC2CC2)sc2ccccc21. The van der Waals surface area contributed by atoms with Gasteiger partial charge >= 0.3 is 0 Å². The maximum Gasteiger partial charge on any atom is 0.266 e. The molecule has 1 heterocycles. The van der Waals surface area contributed by atoms with Crippen LogP contribution >= 0.6 is 11.3 Å². The summed E-state index contributed by atoms with van der Waals surface area (Å²) in [7, 11) is 1.94. The number of carbonyl (C=O) groups is 1. The number of amides is 1. The lowest BCUT2D eigenvalue weighted by Crippen LogP contribution is -2.27. The van der Waals surface area contributed by atoms with Crippen LogP contribution in [0, 0.1) is 5.92 Å². The first-order valence-corrected chi connectivity index (χ1v) is 7.50. The summed E-state index contributed by atoms with van der Waals surface area (Å²) < 4.78 is 8.43. The summed E-state index contributed by atoms with van der Waals surface area (Å²) in [5.41, 5.74) is 3.65. The summed E-state index contributed by atoms with van der Waals surface area (Å²) in [6.07, 6.45) is 2.45. The van der Waals surface area contributed by atoms with Crippen molar-refractivity contribution in [3.63, 3.8) is 0 Å². The Labute approximate surface area is 120 Å². The van der Waals surface area contributed by atoms with Crippen LogP contribution in [0.4, 0.5) is 0 Å². The third-order valence-corrected chi connectivity index (χ3v) is 4.39. The lowest BCUT2D eigenvalue weighted by atomic mass is 10.3. The second-order valence-electron chi connectivity index (χ2n) is 5.02. The molecule has 1 aliphatic carbocycles. The maximum absolute atomic E-state index is 11.6. The van der Waals surface area contributed by atoms with Crippen LogP contribution in [0.2, 0.25) is 0 Å². The molecule has 0 unspecified atom stereocenters. The molecule has 1 fully saturated rings. The number of thiazole rings is 1. The van der Waals surface area contributed by atoms with Gasteiger partial charge in [-0.05, 0) is 30.9 Å². The molecule has 20 heavy (non-hydrogen) atoms. The van der Waals surface area contributed by atoms with Gasteiger partial charge in [0.15, 0.2) is 0 Å². The first-order chi connectivity index (χ1) is 9.74. The molecule has 0 saturated heterocycles. The Morgan fingerprint density at radius 3 is 3.05 bits per heavy atom. The molecule has 0 spiro atoms. The summed E-state index contributed by atoms with van der Waals surface area (Å²) in [4.78, 5) is 12.4. The van der Waals surface area contributed by atoms with Crippen molar-refractivity contribution in [1.29, 1.82) is 0 Å². The topological polar surface area (TPSA) is 55.6 Å². The van der Waals surface area contributed by atoms with Crippen molar-refractivity contribution in [1.82, 2.24) is 9.99 Å². The van der Waals surface area contributed by atoms with Crippen molar-refractivity contribution in [3.05, 3.63) is 29.1 Å². The van der Waals surface area contributed by atoms with Crippen LogP contribution < -0.4 is 10.2 Å². The van der Waals surface area contributed by atoms with Gasteiger partial charge in [0.1, 0.15) is 6.61 Å². The summed E-state index contributed by atoms with van der Waals surface area (Å²) in [5.74, 6) is 0.461. The van der Waals surface area contributed by atoms with E-state index in [1.165, 1.54) is 12.8 Å². The molecule has 1 aromatic carbocycles. The minimum Gasteiger partial charge on any atom is -0.371 e. The molecule has 1 aliphatic rings. The van der Waals surface area contributed by atoms with E-state index >= 15 is 0 Å². The number of rotatable bonds is 5. The van der Waals surface area contributed by atoms with E-state index in [0.717, 1.165) is 15.0 Å². The highest BCUT2D eigenvalue weighted by molar-refractivity contribution is 7.16. The van der Waals surface area contributed by atoms with E-state index < -0.39 is 0 Å². The molecule has 1 saturated carbocycles. The summed E-state index contributed by atoms with van der Waals surface area (Å²) >= 11 is 1.55. The van der Waals surface area contributed by atoms with Gasteiger partial charge in [-0.3, -0.25) is 4.79 Å².